The lowest BCUT2D eigenvalue weighted by Crippen LogP contribution is -2.55. The number of nitrogens with zero attached hydrogens (tertiary/aromatic N) is 4. The average molecular weight is 484 g/mol. The van der Waals surface area contributed by atoms with Gasteiger partial charge in [0.05, 0.1) is 0 Å². The van der Waals surface area contributed by atoms with E-state index in [9.17, 15) is 0 Å². The fraction of sp³-hybridized carbons (Fsp3) is 0.550. The number of benzene rings is 1. The van der Waals surface area contributed by atoms with Crippen molar-refractivity contribution in [1.82, 2.24) is 25.0 Å². The second-order valence-corrected chi connectivity index (χ2v) is 7.20. The molecule has 27 heavy (non-hydrogen) atoms. The Morgan fingerprint density at radius 2 is 1.96 bits per heavy atom. The molecule has 0 radical (unpaired) electrons. The Labute approximate surface area is 180 Å². The largest absolute Gasteiger partial charge is 0.356 e. The van der Waals surface area contributed by atoms with Crippen molar-refractivity contribution in [2.24, 2.45) is 4.99 Å². The van der Waals surface area contributed by atoms with Gasteiger partial charge in [0.15, 0.2) is 5.96 Å². The van der Waals surface area contributed by atoms with Crippen molar-refractivity contribution in [2.75, 3.05) is 53.9 Å². The average Bonchev–Trinajstić information content (AvgIpc) is 3.07. The standard InChI is InChI=1S/C20H32N6.HI/c1-21-20(23-15-18-16-24(2)13-14-25(18)3)22-10-6-11-26-12-9-17-7-4-5-8-19(17)26;/h4-5,7-9,12,18H,6,10-11,13-16H2,1-3H3,(H2,21,22,23);1H. The number of hydrogen-bond donors (Lipinski definition) is 2. The van der Waals surface area contributed by atoms with Crippen molar-refractivity contribution in [3.63, 3.8) is 0 Å². The highest BCUT2D eigenvalue weighted by Crippen LogP contribution is 2.15. The van der Waals surface area contributed by atoms with Crippen molar-refractivity contribution >= 4 is 40.8 Å². The summed E-state index contributed by atoms with van der Waals surface area (Å²) >= 11 is 0. The Hall–Kier alpha value is -1.32. The summed E-state index contributed by atoms with van der Waals surface area (Å²) in [7, 11) is 6.24. The molecule has 0 spiro atoms. The van der Waals surface area contributed by atoms with Crippen LogP contribution in [0.2, 0.25) is 0 Å². The van der Waals surface area contributed by atoms with Crippen LogP contribution in [0, 0.1) is 0 Å². The number of rotatable bonds is 6. The molecule has 1 aliphatic rings. The van der Waals surface area contributed by atoms with Gasteiger partial charge >= 0.3 is 0 Å². The maximum absolute atomic E-state index is 4.36. The van der Waals surface area contributed by atoms with Crippen molar-refractivity contribution in [3.8, 4) is 0 Å². The molecule has 7 heteroatoms. The van der Waals surface area contributed by atoms with Gasteiger partial charge in [-0.2, -0.15) is 0 Å². The predicted octanol–water partition coefficient (Wildman–Crippen LogP) is 2.06. The quantitative estimate of drug-likeness (QED) is 0.285. The number of fused-ring (bicyclic) bond motifs is 1. The van der Waals surface area contributed by atoms with Gasteiger partial charge in [0.2, 0.25) is 0 Å². The van der Waals surface area contributed by atoms with E-state index >= 15 is 0 Å². The maximum atomic E-state index is 4.36. The first-order valence-corrected chi connectivity index (χ1v) is 9.54. The van der Waals surface area contributed by atoms with E-state index in [0.29, 0.717) is 6.04 Å². The number of halogens is 1. The summed E-state index contributed by atoms with van der Waals surface area (Å²) in [4.78, 5) is 9.18. The first kappa shape index (κ1) is 22.0. The van der Waals surface area contributed by atoms with Crippen LogP contribution in [0.3, 0.4) is 0 Å². The molecule has 0 aliphatic carbocycles. The number of guanidine groups is 1. The third-order valence-electron chi connectivity index (χ3n) is 5.26. The van der Waals surface area contributed by atoms with Crippen LogP contribution in [0.25, 0.3) is 10.9 Å². The van der Waals surface area contributed by atoms with E-state index in [4.69, 9.17) is 0 Å². The van der Waals surface area contributed by atoms with E-state index in [1.807, 2.05) is 7.05 Å². The molecule has 0 saturated carbocycles. The van der Waals surface area contributed by atoms with E-state index in [-0.39, 0.29) is 24.0 Å². The summed E-state index contributed by atoms with van der Waals surface area (Å²) in [6.45, 7) is 6.21. The Morgan fingerprint density at radius 3 is 2.78 bits per heavy atom. The second-order valence-electron chi connectivity index (χ2n) is 7.20. The van der Waals surface area contributed by atoms with Crippen molar-refractivity contribution in [3.05, 3.63) is 36.5 Å². The van der Waals surface area contributed by atoms with E-state index < -0.39 is 0 Å². The number of para-hydroxylation sites is 1. The maximum Gasteiger partial charge on any atom is 0.191 e. The molecule has 1 aromatic heterocycles. The van der Waals surface area contributed by atoms with Gasteiger partial charge in [-0.15, -0.1) is 24.0 Å². The van der Waals surface area contributed by atoms with Crippen LogP contribution in [0.15, 0.2) is 41.5 Å². The third kappa shape index (κ3) is 6.08. The smallest absolute Gasteiger partial charge is 0.191 e. The van der Waals surface area contributed by atoms with Crippen LogP contribution in [-0.4, -0.2) is 80.2 Å². The minimum atomic E-state index is 0. The molecule has 150 valence electrons. The first-order chi connectivity index (χ1) is 12.7. The lowest BCUT2D eigenvalue weighted by atomic mass is 10.2. The zero-order valence-electron chi connectivity index (χ0n) is 16.7. The molecular formula is C20H33IN6. The molecule has 1 atom stereocenters. The molecule has 2 aromatic rings. The molecule has 0 bridgehead atoms. The molecule has 1 fully saturated rings. The topological polar surface area (TPSA) is 47.8 Å². The van der Waals surface area contributed by atoms with Gasteiger partial charge in [-0.3, -0.25) is 9.89 Å². The van der Waals surface area contributed by atoms with Gasteiger partial charge in [-0.1, -0.05) is 18.2 Å². The van der Waals surface area contributed by atoms with Crippen LogP contribution in [0.5, 0.6) is 0 Å². The Bertz CT molecular complexity index is 728. The van der Waals surface area contributed by atoms with Crippen LogP contribution in [0.4, 0.5) is 0 Å². The SMILES string of the molecule is CN=C(NCCCn1ccc2ccccc21)NCC1CN(C)CCN1C.I. The summed E-state index contributed by atoms with van der Waals surface area (Å²) in [5, 5.41) is 8.22. The minimum absolute atomic E-state index is 0. The molecule has 1 saturated heterocycles. The molecule has 1 unspecified atom stereocenters. The van der Waals surface area contributed by atoms with Crippen molar-refractivity contribution < 1.29 is 0 Å². The van der Waals surface area contributed by atoms with Crippen molar-refractivity contribution in [2.45, 2.75) is 19.0 Å². The molecule has 1 aliphatic heterocycles. The Morgan fingerprint density at radius 1 is 1.15 bits per heavy atom. The van der Waals surface area contributed by atoms with Gasteiger partial charge in [-0.25, -0.2) is 0 Å². The summed E-state index contributed by atoms with van der Waals surface area (Å²) in [5.74, 6) is 0.893. The Balaban J connectivity index is 0.00000261. The normalized spacial score (nSPS) is 19.1. The highest BCUT2D eigenvalue weighted by molar-refractivity contribution is 14.0. The van der Waals surface area contributed by atoms with Gasteiger partial charge < -0.3 is 20.1 Å². The van der Waals surface area contributed by atoms with E-state index in [0.717, 1.165) is 51.6 Å². The summed E-state index contributed by atoms with van der Waals surface area (Å²) in [6.07, 6.45) is 3.23. The van der Waals surface area contributed by atoms with Gasteiger partial charge in [-0.05, 0) is 38.0 Å². The number of likely N-dealkylation sites (N-methyl/N-ethyl adjacent to an activating group) is 2. The van der Waals surface area contributed by atoms with Gasteiger partial charge in [0.25, 0.3) is 0 Å². The highest BCUT2D eigenvalue weighted by Gasteiger charge is 2.21. The minimum Gasteiger partial charge on any atom is -0.356 e. The van der Waals surface area contributed by atoms with Crippen LogP contribution in [0.1, 0.15) is 6.42 Å². The molecule has 2 N–H and O–H groups in total. The number of aliphatic imine (C=N–C) groups is 1. The third-order valence-corrected chi connectivity index (χ3v) is 5.26. The number of nitrogens with one attached hydrogen (secondary N) is 2. The second kappa shape index (κ2) is 10.9. The van der Waals surface area contributed by atoms with E-state index in [2.05, 4.69) is 80.6 Å². The monoisotopic (exact) mass is 484 g/mol. The lowest BCUT2D eigenvalue weighted by Gasteiger charge is -2.37. The first-order valence-electron chi connectivity index (χ1n) is 9.54. The summed E-state index contributed by atoms with van der Waals surface area (Å²) in [6, 6.07) is 11.2. The van der Waals surface area contributed by atoms with Gasteiger partial charge in [0.1, 0.15) is 0 Å². The zero-order chi connectivity index (χ0) is 18.4. The number of aryl methyl sites for hydroxylation is 1. The number of aromatic nitrogens is 1. The summed E-state index contributed by atoms with van der Waals surface area (Å²) in [5.41, 5.74) is 1.31. The molecule has 1 aromatic carbocycles. The van der Waals surface area contributed by atoms with Crippen LogP contribution < -0.4 is 10.6 Å². The molecule has 3 rings (SSSR count). The van der Waals surface area contributed by atoms with Crippen LogP contribution in [-0.2, 0) is 6.54 Å². The zero-order valence-corrected chi connectivity index (χ0v) is 19.0. The van der Waals surface area contributed by atoms with E-state index in [1.165, 1.54) is 10.9 Å². The Kier molecular flexibility index (Phi) is 8.85. The molecular weight excluding hydrogens is 451 g/mol. The van der Waals surface area contributed by atoms with E-state index in [1.54, 1.807) is 0 Å². The van der Waals surface area contributed by atoms with Gasteiger partial charge in [0, 0.05) is 64.1 Å². The van der Waals surface area contributed by atoms with Crippen molar-refractivity contribution in [1.29, 1.82) is 0 Å². The number of hydrogen-bond acceptors (Lipinski definition) is 3. The highest BCUT2D eigenvalue weighted by atomic mass is 127. The number of piperazine rings is 1. The summed E-state index contributed by atoms with van der Waals surface area (Å²) < 4.78 is 2.32. The molecule has 0 amide bonds. The lowest BCUT2D eigenvalue weighted by molar-refractivity contribution is 0.116. The fourth-order valence-electron chi connectivity index (χ4n) is 3.55. The fourth-order valence-corrected chi connectivity index (χ4v) is 3.55. The van der Waals surface area contributed by atoms with Crippen LogP contribution >= 0.6 is 24.0 Å². The predicted molar refractivity (Wildman–Crippen MR) is 125 cm³/mol. The molecule has 2 heterocycles. The molecule has 6 nitrogen and oxygen atoms in total.